The minimum atomic E-state index is -4.37. The molecule has 0 saturated heterocycles. The van der Waals surface area contributed by atoms with Crippen molar-refractivity contribution in [1.29, 1.82) is 0 Å². The number of halogens is 4. The molecule has 3 rings (SSSR count). The Labute approximate surface area is 157 Å². The van der Waals surface area contributed by atoms with Crippen LogP contribution in [0.2, 0.25) is 0 Å². The van der Waals surface area contributed by atoms with Crippen LogP contribution in [0.5, 0.6) is 5.75 Å². The average Bonchev–Trinajstić information content (AvgIpc) is 2.97. The maximum Gasteiger partial charge on any atom is 0.416 e. The highest BCUT2D eigenvalue weighted by atomic mass is 32.1. The number of phenols is 1. The summed E-state index contributed by atoms with van der Waals surface area (Å²) in [4.78, 5) is 7.17. The first kappa shape index (κ1) is 19.2. The summed E-state index contributed by atoms with van der Waals surface area (Å²) in [6, 6.07) is 9.02. The van der Waals surface area contributed by atoms with Crippen LogP contribution < -0.4 is 4.90 Å². The third-order valence-electron chi connectivity index (χ3n) is 4.10. The van der Waals surface area contributed by atoms with Gasteiger partial charge >= 0.3 is 6.18 Å². The number of hydrogen-bond donors (Lipinski definition) is 1. The number of aromatic nitrogens is 1. The Morgan fingerprint density at radius 2 is 1.78 bits per heavy atom. The predicted molar refractivity (Wildman–Crippen MR) is 97.5 cm³/mol. The van der Waals surface area contributed by atoms with Crippen molar-refractivity contribution >= 4 is 17.0 Å². The summed E-state index contributed by atoms with van der Waals surface area (Å²) in [5.41, 5.74) is 1.27. The lowest BCUT2D eigenvalue weighted by Crippen LogP contribution is -2.16. The molecule has 3 nitrogen and oxygen atoms in total. The molecule has 27 heavy (non-hydrogen) atoms. The standard InChI is InChI=1S/C19H16F4N2OS/c1-11-17(10-25(2)14-7-8-16(26)15(20)9-14)27-18(24-11)12-3-5-13(6-4-12)19(21,22)23/h3-9,26H,10H2,1-2H3. The van der Waals surface area contributed by atoms with Gasteiger partial charge in [0.05, 0.1) is 17.8 Å². The molecule has 0 radical (unpaired) electrons. The van der Waals surface area contributed by atoms with Crippen molar-refractivity contribution in [1.82, 2.24) is 4.98 Å². The number of nitrogens with zero attached hydrogens (tertiary/aromatic N) is 2. The first-order valence-electron chi connectivity index (χ1n) is 7.99. The van der Waals surface area contributed by atoms with E-state index in [0.717, 1.165) is 22.7 Å². The highest BCUT2D eigenvalue weighted by Gasteiger charge is 2.30. The van der Waals surface area contributed by atoms with Gasteiger partial charge in [0, 0.05) is 29.2 Å². The Morgan fingerprint density at radius 3 is 2.37 bits per heavy atom. The molecule has 3 aromatic rings. The molecule has 0 aliphatic carbocycles. The Balaban J connectivity index is 1.81. The van der Waals surface area contributed by atoms with E-state index < -0.39 is 23.3 Å². The highest BCUT2D eigenvalue weighted by molar-refractivity contribution is 7.15. The van der Waals surface area contributed by atoms with Crippen LogP contribution in [0.1, 0.15) is 16.1 Å². The number of anilines is 1. The summed E-state index contributed by atoms with van der Waals surface area (Å²) in [6.45, 7) is 2.28. The van der Waals surface area contributed by atoms with Gasteiger partial charge in [0.1, 0.15) is 5.01 Å². The molecule has 1 N–H and O–H groups in total. The van der Waals surface area contributed by atoms with E-state index in [9.17, 15) is 22.7 Å². The second-order valence-electron chi connectivity index (χ2n) is 6.09. The molecule has 8 heteroatoms. The van der Waals surface area contributed by atoms with Crippen LogP contribution >= 0.6 is 11.3 Å². The van der Waals surface area contributed by atoms with Crippen molar-refractivity contribution in [3.8, 4) is 16.3 Å². The quantitative estimate of drug-likeness (QED) is 0.582. The lowest BCUT2D eigenvalue weighted by Gasteiger charge is -2.18. The summed E-state index contributed by atoms with van der Waals surface area (Å²) < 4.78 is 51.6. The third-order valence-corrected chi connectivity index (χ3v) is 5.30. The summed E-state index contributed by atoms with van der Waals surface area (Å²) >= 11 is 1.38. The maximum atomic E-state index is 13.5. The number of aromatic hydroxyl groups is 1. The van der Waals surface area contributed by atoms with Crippen LogP contribution in [0.15, 0.2) is 42.5 Å². The second-order valence-corrected chi connectivity index (χ2v) is 7.18. The average molecular weight is 396 g/mol. The Morgan fingerprint density at radius 1 is 1.11 bits per heavy atom. The van der Waals surface area contributed by atoms with Gasteiger partial charge in [-0.25, -0.2) is 9.37 Å². The lowest BCUT2D eigenvalue weighted by molar-refractivity contribution is -0.137. The normalized spacial score (nSPS) is 11.6. The fraction of sp³-hybridized carbons (Fsp3) is 0.211. The number of benzene rings is 2. The number of hydrogen-bond acceptors (Lipinski definition) is 4. The van der Waals surface area contributed by atoms with Crippen LogP contribution in [-0.4, -0.2) is 17.1 Å². The van der Waals surface area contributed by atoms with Gasteiger partial charge in [-0.2, -0.15) is 13.2 Å². The van der Waals surface area contributed by atoms with Crippen LogP contribution in [0.3, 0.4) is 0 Å². The molecule has 0 fully saturated rings. The smallest absolute Gasteiger partial charge is 0.416 e. The zero-order valence-electron chi connectivity index (χ0n) is 14.5. The molecule has 1 heterocycles. The molecule has 2 aromatic carbocycles. The number of thiazole rings is 1. The topological polar surface area (TPSA) is 36.4 Å². The molecule has 0 amide bonds. The van der Waals surface area contributed by atoms with E-state index in [4.69, 9.17) is 0 Å². The first-order chi connectivity index (χ1) is 12.6. The molecule has 0 saturated carbocycles. The lowest BCUT2D eigenvalue weighted by atomic mass is 10.1. The first-order valence-corrected chi connectivity index (χ1v) is 8.80. The number of alkyl halides is 3. The van der Waals surface area contributed by atoms with Crippen LogP contribution in [-0.2, 0) is 12.7 Å². The molecule has 0 atom stereocenters. The molecule has 0 unspecified atom stereocenters. The minimum absolute atomic E-state index is 0.411. The van der Waals surface area contributed by atoms with Crippen LogP contribution in [0.25, 0.3) is 10.6 Å². The second kappa shape index (κ2) is 7.19. The van der Waals surface area contributed by atoms with Crippen molar-refractivity contribution in [2.45, 2.75) is 19.6 Å². The SMILES string of the molecule is Cc1nc(-c2ccc(C(F)(F)F)cc2)sc1CN(C)c1ccc(O)c(F)c1. The highest BCUT2D eigenvalue weighted by Crippen LogP contribution is 2.33. The molecular weight excluding hydrogens is 380 g/mol. The molecule has 0 bridgehead atoms. The van der Waals surface area contributed by atoms with E-state index >= 15 is 0 Å². The predicted octanol–water partition coefficient (Wildman–Crippen LogP) is 5.62. The maximum absolute atomic E-state index is 13.5. The molecule has 142 valence electrons. The molecule has 0 spiro atoms. The monoisotopic (exact) mass is 396 g/mol. The van der Waals surface area contributed by atoms with E-state index in [1.54, 1.807) is 18.0 Å². The Hall–Kier alpha value is -2.61. The summed E-state index contributed by atoms with van der Waals surface area (Å²) in [6.07, 6.45) is -4.37. The van der Waals surface area contributed by atoms with E-state index in [2.05, 4.69) is 4.98 Å². The summed E-state index contributed by atoms with van der Waals surface area (Å²) in [7, 11) is 1.78. The fourth-order valence-corrected chi connectivity index (χ4v) is 3.66. The van der Waals surface area contributed by atoms with Gasteiger partial charge in [-0.05, 0) is 31.2 Å². The van der Waals surface area contributed by atoms with Gasteiger partial charge in [-0.3, -0.25) is 0 Å². The zero-order valence-corrected chi connectivity index (χ0v) is 15.3. The molecular formula is C19H16F4N2OS. The van der Waals surface area contributed by atoms with Crippen LogP contribution in [0.4, 0.5) is 23.2 Å². The zero-order chi connectivity index (χ0) is 19.8. The Bertz CT molecular complexity index is 951. The largest absolute Gasteiger partial charge is 0.505 e. The van der Waals surface area contributed by atoms with Gasteiger partial charge in [-0.1, -0.05) is 12.1 Å². The molecule has 1 aromatic heterocycles. The number of aryl methyl sites for hydroxylation is 1. The van der Waals surface area contributed by atoms with Gasteiger partial charge in [-0.15, -0.1) is 11.3 Å². The summed E-state index contributed by atoms with van der Waals surface area (Å²) in [5, 5.41) is 9.91. The van der Waals surface area contributed by atoms with E-state index in [1.165, 1.54) is 35.6 Å². The van der Waals surface area contributed by atoms with Crippen molar-refractivity contribution < 1.29 is 22.7 Å². The fourth-order valence-electron chi connectivity index (χ4n) is 2.54. The van der Waals surface area contributed by atoms with Crippen molar-refractivity contribution in [3.05, 3.63) is 64.4 Å². The van der Waals surface area contributed by atoms with Crippen molar-refractivity contribution in [2.24, 2.45) is 0 Å². The van der Waals surface area contributed by atoms with Gasteiger partial charge < -0.3 is 10.0 Å². The van der Waals surface area contributed by atoms with Gasteiger partial charge in [0.25, 0.3) is 0 Å². The third kappa shape index (κ3) is 4.21. The molecule has 0 aliphatic heterocycles. The minimum Gasteiger partial charge on any atom is -0.505 e. The van der Waals surface area contributed by atoms with Gasteiger partial charge in [0.2, 0.25) is 0 Å². The van der Waals surface area contributed by atoms with Crippen LogP contribution in [0, 0.1) is 12.7 Å². The van der Waals surface area contributed by atoms with Crippen molar-refractivity contribution in [3.63, 3.8) is 0 Å². The number of phenolic OH excluding ortho intramolecular Hbond substituents is 1. The summed E-state index contributed by atoms with van der Waals surface area (Å²) in [5.74, 6) is -1.11. The van der Waals surface area contributed by atoms with Gasteiger partial charge in [0.15, 0.2) is 11.6 Å². The van der Waals surface area contributed by atoms with E-state index in [1.807, 2.05) is 6.92 Å². The van der Waals surface area contributed by atoms with E-state index in [-0.39, 0.29) is 0 Å². The number of rotatable bonds is 4. The van der Waals surface area contributed by atoms with E-state index in [0.29, 0.717) is 22.8 Å². The Kier molecular flexibility index (Phi) is 5.10. The van der Waals surface area contributed by atoms with Crippen molar-refractivity contribution in [2.75, 3.05) is 11.9 Å². The molecule has 0 aliphatic rings.